The highest BCUT2D eigenvalue weighted by Crippen LogP contribution is 2.33. The number of aromatic nitrogens is 1. The van der Waals surface area contributed by atoms with Crippen LogP contribution < -0.4 is 0 Å². The lowest BCUT2D eigenvalue weighted by molar-refractivity contribution is 1.06. The Hall–Kier alpha value is -6.26. The van der Waals surface area contributed by atoms with Gasteiger partial charge in [-0.15, -0.1) is 0 Å². The summed E-state index contributed by atoms with van der Waals surface area (Å²) in [6.45, 7) is 12.7. The van der Waals surface area contributed by atoms with Gasteiger partial charge in [0.2, 0.25) is 0 Å². The molecule has 4 heteroatoms. The second kappa shape index (κ2) is 16.4. The van der Waals surface area contributed by atoms with Gasteiger partial charge in [0.25, 0.3) is 0 Å². The Kier molecular flexibility index (Phi) is 11.1. The zero-order valence-corrected chi connectivity index (χ0v) is 29.7. The molecule has 0 fully saturated rings. The molecule has 0 amide bonds. The summed E-state index contributed by atoms with van der Waals surface area (Å²) in [7, 11) is 0. The van der Waals surface area contributed by atoms with Gasteiger partial charge >= 0.3 is 0 Å². The molecule has 0 unspecified atom stereocenters. The summed E-state index contributed by atoms with van der Waals surface area (Å²) in [5, 5.41) is 4.65. The quantitative estimate of drug-likeness (QED) is 0.124. The van der Waals surface area contributed by atoms with Crippen LogP contribution in [0, 0.1) is 6.92 Å². The molecule has 6 aromatic carbocycles. The van der Waals surface area contributed by atoms with Crippen LogP contribution in [0.25, 0.3) is 49.9 Å². The minimum atomic E-state index is 0.501. The first-order chi connectivity index (χ1) is 25.1. The molecule has 250 valence electrons. The first kappa shape index (κ1) is 34.6. The normalized spacial score (nSPS) is 11.8. The van der Waals surface area contributed by atoms with Crippen LogP contribution in [0.15, 0.2) is 167 Å². The molecule has 1 heterocycles. The summed E-state index contributed by atoms with van der Waals surface area (Å²) in [5.41, 5.74) is 9.70. The van der Waals surface area contributed by atoms with Crippen LogP contribution in [0.1, 0.15) is 48.6 Å². The van der Waals surface area contributed by atoms with Crippen molar-refractivity contribution in [3.63, 3.8) is 0 Å². The van der Waals surface area contributed by atoms with Crippen molar-refractivity contribution in [3.8, 4) is 22.3 Å². The maximum Gasteiger partial charge on any atom is 0.161 e. The largest absolute Gasteiger partial charge is 0.264 e. The van der Waals surface area contributed by atoms with Gasteiger partial charge in [-0.3, -0.25) is 9.98 Å². The van der Waals surface area contributed by atoms with Crippen molar-refractivity contribution in [1.29, 1.82) is 0 Å². The van der Waals surface area contributed by atoms with Crippen LogP contribution in [0.2, 0.25) is 0 Å². The molecule has 0 spiro atoms. The fraction of sp³-hybridized carbons (Fsp3) is 0.106. The molecule has 0 aliphatic heterocycles. The summed E-state index contributed by atoms with van der Waals surface area (Å²) in [6.07, 6.45) is 8.02. The molecule has 0 aliphatic rings. The molecule has 0 N–H and O–H groups in total. The van der Waals surface area contributed by atoms with Gasteiger partial charge < -0.3 is 0 Å². The SMILES string of the molecule is C=NC(=NC(=NCc1ccccc1)c1ccccc1)c1cc(-c2ccc3ccncc3c2)cc(-c2ccc3c(/C=C\C)c(C)ccc3c2)c1.CC. The topological polar surface area (TPSA) is 50.0 Å². The van der Waals surface area contributed by atoms with Gasteiger partial charge in [0.1, 0.15) is 0 Å². The van der Waals surface area contributed by atoms with E-state index in [1.54, 1.807) is 0 Å². The number of aliphatic imine (C=N–C) groups is 3. The van der Waals surface area contributed by atoms with Crippen LogP contribution in [0.3, 0.4) is 0 Å². The molecular weight excluding hydrogens is 621 g/mol. The molecule has 7 rings (SSSR count). The van der Waals surface area contributed by atoms with Gasteiger partial charge in [-0.2, -0.15) is 0 Å². The number of aryl methyl sites for hydroxylation is 1. The van der Waals surface area contributed by atoms with E-state index < -0.39 is 0 Å². The lowest BCUT2D eigenvalue weighted by atomic mass is 9.92. The zero-order valence-electron chi connectivity index (χ0n) is 29.7. The number of hydrogen-bond donors (Lipinski definition) is 0. The second-order valence-corrected chi connectivity index (χ2v) is 12.1. The zero-order chi connectivity index (χ0) is 35.6. The fourth-order valence-corrected chi connectivity index (χ4v) is 6.20. The number of benzene rings is 6. The molecule has 51 heavy (non-hydrogen) atoms. The first-order valence-electron chi connectivity index (χ1n) is 17.4. The molecule has 0 aliphatic carbocycles. The average Bonchev–Trinajstić information content (AvgIpc) is 3.20. The van der Waals surface area contributed by atoms with E-state index in [0.717, 1.165) is 49.7 Å². The monoisotopic (exact) mass is 662 g/mol. The maximum atomic E-state index is 5.08. The number of rotatable bonds is 7. The van der Waals surface area contributed by atoms with Crippen LogP contribution in [0.4, 0.5) is 0 Å². The van der Waals surface area contributed by atoms with Crippen LogP contribution >= 0.6 is 0 Å². The standard InChI is InChI=1S/C45H36N4.C2H6/c1-4-11-42-31(2)16-17-37-24-36(20-21-43(37)42)39-26-38(35-19-18-33-22-23-47-30-41(33)25-35)27-40(28-39)44(46-3)49-45(34-14-9-6-10-15-34)48-29-32-12-7-5-8-13-32;1-2/h4-28,30H,3,29H2,1-2H3;1-2H3/b11-4-,48-45?,49-44?;. The molecule has 0 saturated carbocycles. The number of pyridine rings is 1. The summed E-state index contributed by atoms with van der Waals surface area (Å²) in [5.74, 6) is 1.11. The Morgan fingerprint density at radius 2 is 1.31 bits per heavy atom. The molecule has 0 atom stereocenters. The minimum absolute atomic E-state index is 0.501. The maximum absolute atomic E-state index is 5.08. The second-order valence-electron chi connectivity index (χ2n) is 12.1. The molecule has 7 aromatic rings. The van der Waals surface area contributed by atoms with Crippen LogP contribution in [-0.2, 0) is 6.54 Å². The highest BCUT2D eigenvalue weighted by molar-refractivity contribution is 6.13. The van der Waals surface area contributed by atoms with Gasteiger partial charge in [0.05, 0.1) is 6.54 Å². The van der Waals surface area contributed by atoms with Gasteiger partial charge in [-0.1, -0.05) is 123 Å². The summed E-state index contributed by atoms with van der Waals surface area (Å²) >= 11 is 0. The highest BCUT2D eigenvalue weighted by atomic mass is 15.0. The Balaban J connectivity index is 0.00000220. The first-order valence-corrected chi connectivity index (χ1v) is 17.4. The van der Waals surface area contributed by atoms with E-state index in [1.807, 2.05) is 80.8 Å². The molecule has 1 aromatic heterocycles. The van der Waals surface area contributed by atoms with Crippen molar-refractivity contribution in [2.24, 2.45) is 15.0 Å². The van der Waals surface area contributed by atoms with E-state index in [0.29, 0.717) is 18.2 Å². The predicted molar refractivity (Wildman–Crippen MR) is 220 cm³/mol. The highest BCUT2D eigenvalue weighted by Gasteiger charge is 2.13. The predicted octanol–water partition coefficient (Wildman–Crippen LogP) is 12.2. The number of nitrogens with zero attached hydrogens (tertiary/aromatic N) is 4. The molecule has 4 nitrogen and oxygen atoms in total. The third-order valence-corrected chi connectivity index (χ3v) is 8.76. The van der Waals surface area contributed by atoms with E-state index >= 15 is 0 Å². The number of amidine groups is 2. The average molecular weight is 663 g/mol. The lowest BCUT2D eigenvalue weighted by Crippen LogP contribution is -2.06. The summed E-state index contributed by atoms with van der Waals surface area (Å²) in [6, 6.07) is 46.4. The Morgan fingerprint density at radius 3 is 2.02 bits per heavy atom. The van der Waals surface area contributed by atoms with Crippen LogP contribution in [0.5, 0.6) is 0 Å². The molecule has 0 radical (unpaired) electrons. The van der Waals surface area contributed by atoms with E-state index in [-0.39, 0.29) is 0 Å². The van der Waals surface area contributed by atoms with Crippen molar-refractivity contribution in [2.75, 3.05) is 0 Å². The Labute approximate surface area is 301 Å². The smallest absolute Gasteiger partial charge is 0.161 e. The van der Waals surface area contributed by atoms with E-state index in [4.69, 9.17) is 9.98 Å². The Bertz CT molecular complexity index is 2390. The van der Waals surface area contributed by atoms with Crippen molar-refractivity contribution < 1.29 is 0 Å². The number of fused-ring (bicyclic) bond motifs is 2. The van der Waals surface area contributed by atoms with E-state index in [1.165, 1.54) is 21.9 Å². The molecule has 0 saturated heterocycles. The summed E-state index contributed by atoms with van der Waals surface area (Å²) < 4.78 is 0. The van der Waals surface area contributed by atoms with Crippen molar-refractivity contribution in [2.45, 2.75) is 34.2 Å². The molecule has 0 bridgehead atoms. The van der Waals surface area contributed by atoms with Crippen molar-refractivity contribution >= 4 is 46.0 Å². The van der Waals surface area contributed by atoms with E-state index in [2.05, 4.69) is 122 Å². The third kappa shape index (κ3) is 7.98. The van der Waals surface area contributed by atoms with Crippen LogP contribution in [-0.4, -0.2) is 23.4 Å². The number of allylic oxidation sites excluding steroid dienone is 1. The van der Waals surface area contributed by atoms with Gasteiger partial charge in [0, 0.05) is 28.9 Å². The van der Waals surface area contributed by atoms with E-state index in [9.17, 15) is 0 Å². The van der Waals surface area contributed by atoms with Crippen molar-refractivity contribution in [1.82, 2.24) is 4.98 Å². The minimum Gasteiger partial charge on any atom is -0.264 e. The molecular formula is C47H42N4. The van der Waals surface area contributed by atoms with Gasteiger partial charge in [0.15, 0.2) is 11.7 Å². The van der Waals surface area contributed by atoms with Gasteiger partial charge in [-0.05, 0) is 112 Å². The number of hydrogen-bond acceptors (Lipinski definition) is 2. The summed E-state index contributed by atoms with van der Waals surface area (Å²) in [4.78, 5) is 18.9. The fourth-order valence-electron chi connectivity index (χ4n) is 6.20. The third-order valence-electron chi connectivity index (χ3n) is 8.76. The Morgan fingerprint density at radius 1 is 0.647 bits per heavy atom. The van der Waals surface area contributed by atoms with Crippen molar-refractivity contribution in [3.05, 3.63) is 180 Å². The van der Waals surface area contributed by atoms with Gasteiger partial charge in [-0.25, -0.2) is 9.98 Å². The lowest BCUT2D eigenvalue weighted by Gasteiger charge is -2.13.